The molecule has 1 aliphatic rings. The van der Waals surface area contributed by atoms with Crippen molar-refractivity contribution in [1.29, 1.82) is 5.41 Å². The fourth-order valence-corrected chi connectivity index (χ4v) is 2.52. The highest BCUT2D eigenvalue weighted by molar-refractivity contribution is 6.46. The Hall–Kier alpha value is -2.18. The van der Waals surface area contributed by atoms with Gasteiger partial charge in [0.15, 0.2) is 0 Å². The van der Waals surface area contributed by atoms with Gasteiger partial charge in [-0.25, -0.2) is 0 Å². The molecule has 1 fully saturated rings. The van der Waals surface area contributed by atoms with E-state index in [1.165, 1.54) is 6.08 Å². The second-order valence-corrected chi connectivity index (χ2v) is 6.60. The number of carbonyl (C=O) groups excluding carboxylic acids is 1. The van der Waals surface area contributed by atoms with Gasteiger partial charge in [-0.2, -0.15) is 0 Å². The first-order chi connectivity index (χ1) is 11.9. The van der Waals surface area contributed by atoms with E-state index in [2.05, 4.69) is 17.6 Å². The van der Waals surface area contributed by atoms with Crippen LogP contribution in [0.4, 0.5) is 5.69 Å². The fourth-order valence-electron chi connectivity index (χ4n) is 2.52. The lowest BCUT2D eigenvalue weighted by Crippen LogP contribution is -2.40. The summed E-state index contributed by atoms with van der Waals surface area (Å²) in [7, 11) is 0. The third-order valence-corrected chi connectivity index (χ3v) is 4.28. The molecule has 6 nitrogen and oxygen atoms in total. The molecule has 0 aliphatic carbocycles. The zero-order valence-electron chi connectivity index (χ0n) is 15.1. The molecule has 1 aliphatic heterocycles. The molecule has 1 amide bonds. The van der Waals surface area contributed by atoms with Crippen LogP contribution in [0.5, 0.6) is 0 Å². The molecule has 6 heteroatoms. The summed E-state index contributed by atoms with van der Waals surface area (Å²) in [6, 6.07) is 7.55. The van der Waals surface area contributed by atoms with Crippen LogP contribution in [0.2, 0.25) is 0 Å². The van der Waals surface area contributed by atoms with Gasteiger partial charge in [-0.05, 0) is 36.1 Å². The Labute approximate surface area is 149 Å². The normalized spacial score (nSPS) is 21.2. The Morgan fingerprint density at radius 1 is 1.40 bits per heavy atom. The number of hydrogen-bond donors (Lipinski definition) is 4. The first-order valence-corrected chi connectivity index (χ1v) is 8.73. The second kappa shape index (κ2) is 8.78. The third kappa shape index (κ3) is 5.41. The predicted octanol–water partition coefficient (Wildman–Crippen LogP) is 2.58. The van der Waals surface area contributed by atoms with E-state index in [1.807, 2.05) is 38.1 Å². The number of nitrogens with one attached hydrogen (secondary N) is 3. The lowest BCUT2D eigenvalue weighted by Gasteiger charge is -2.30. The number of carbonyl (C=O) groups is 1. The average molecular weight is 344 g/mol. The molecule has 0 unspecified atom stereocenters. The van der Waals surface area contributed by atoms with Crippen molar-refractivity contribution in [2.24, 2.45) is 11.7 Å². The van der Waals surface area contributed by atoms with Crippen molar-refractivity contribution >= 4 is 17.3 Å². The van der Waals surface area contributed by atoms with Crippen molar-refractivity contribution in [3.05, 3.63) is 41.6 Å². The van der Waals surface area contributed by atoms with Gasteiger partial charge in [0.1, 0.15) is 5.71 Å². The van der Waals surface area contributed by atoms with E-state index in [0.717, 1.165) is 25.1 Å². The van der Waals surface area contributed by atoms with Gasteiger partial charge in [-0.3, -0.25) is 10.2 Å². The molecule has 1 saturated heterocycles. The van der Waals surface area contributed by atoms with Gasteiger partial charge >= 0.3 is 0 Å². The van der Waals surface area contributed by atoms with Gasteiger partial charge in [0.25, 0.3) is 5.91 Å². The molecule has 25 heavy (non-hydrogen) atoms. The van der Waals surface area contributed by atoms with E-state index in [-0.39, 0.29) is 23.8 Å². The molecule has 2 rings (SSSR count). The molecule has 136 valence electrons. The summed E-state index contributed by atoms with van der Waals surface area (Å²) in [5.74, 6) is -0.374. The van der Waals surface area contributed by atoms with Crippen molar-refractivity contribution in [2.45, 2.75) is 39.4 Å². The van der Waals surface area contributed by atoms with E-state index in [4.69, 9.17) is 15.9 Å². The monoisotopic (exact) mass is 344 g/mol. The number of allylic oxidation sites excluding steroid dienone is 1. The number of morpholine rings is 1. The Kier molecular flexibility index (Phi) is 6.73. The van der Waals surface area contributed by atoms with Gasteiger partial charge in [0, 0.05) is 24.5 Å². The van der Waals surface area contributed by atoms with Crippen LogP contribution in [0, 0.1) is 11.3 Å². The molecule has 0 aromatic heterocycles. The van der Waals surface area contributed by atoms with Crippen molar-refractivity contribution in [3.63, 3.8) is 0 Å². The number of nitrogens with two attached hydrogens (primary N) is 1. The van der Waals surface area contributed by atoms with Gasteiger partial charge in [0.2, 0.25) is 0 Å². The van der Waals surface area contributed by atoms with Crippen LogP contribution in [0.15, 0.2) is 36.0 Å². The summed E-state index contributed by atoms with van der Waals surface area (Å²) in [4.78, 5) is 12.1. The van der Waals surface area contributed by atoms with Crippen molar-refractivity contribution in [1.82, 2.24) is 5.32 Å². The zero-order chi connectivity index (χ0) is 18.4. The molecule has 0 spiro atoms. The molecule has 1 aromatic carbocycles. The first-order valence-electron chi connectivity index (χ1n) is 8.73. The fraction of sp³-hybridized carbons (Fsp3) is 0.474. The number of ether oxygens (including phenoxy) is 1. The zero-order valence-corrected chi connectivity index (χ0v) is 15.1. The Balaban J connectivity index is 1.97. The number of hydrogen-bond acceptors (Lipinski definition) is 5. The van der Waals surface area contributed by atoms with E-state index < -0.39 is 5.91 Å². The summed E-state index contributed by atoms with van der Waals surface area (Å²) in [5, 5.41) is 13.9. The minimum atomic E-state index is -0.474. The van der Waals surface area contributed by atoms with Crippen molar-refractivity contribution in [3.8, 4) is 0 Å². The van der Waals surface area contributed by atoms with E-state index in [9.17, 15) is 4.79 Å². The smallest absolute Gasteiger partial charge is 0.273 e. The van der Waals surface area contributed by atoms with Crippen LogP contribution in [-0.4, -0.2) is 30.8 Å². The summed E-state index contributed by atoms with van der Waals surface area (Å²) >= 11 is 0. The molecule has 2 atom stereocenters. The van der Waals surface area contributed by atoms with Crippen molar-refractivity contribution in [2.75, 3.05) is 18.4 Å². The summed E-state index contributed by atoms with van der Waals surface area (Å²) in [5.41, 5.74) is 7.87. The molecule has 1 heterocycles. The highest BCUT2D eigenvalue weighted by Crippen LogP contribution is 2.23. The molecule has 1 aromatic rings. The lowest BCUT2D eigenvalue weighted by atomic mass is 10.1. The van der Waals surface area contributed by atoms with Crippen LogP contribution in [0.1, 0.15) is 38.9 Å². The maximum atomic E-state index is 12.1. The number of amides is 1. The minimum Gasteiger partial charge on any atom is -0.402 e. The third-order valence-electron chi connectivity index (χ3n) is 4.28. The molecule has 0 bridgehead atoms. The summed E-state index contributed by atoms with van der Waals surface area (Å²) in [6.07, 6.45) is 2.64. The van der Waals surface area contributed by atoms with Crippen LogP contribution in [0.3, 0.4) is 0 Å². The van der Waals surface area contributed by atoms with Gasteiger partial charge in [-0.1, -0.05) is 32.9 Å². The average Bonchev–Trinajstić information content (AvgIpc) is 2.62. The highest BCUT2D eigenvalue weighted by Gasteiger charge is 2.22. The Morgan fingerprint density at radius 2 is 2.08 bits per heavy atom. The molecule has 0 radical (unpaired) electrons. The minimum absolute atomic E-state index is 0.0236. The number of rotatable bonds is 6. The quantitative estimate of drug-likeness (QED) is 0.596. The summed E-state index contributed by atoms with van der Waals surface area (Å²) < 4.78 is 6.04. The predicted molar refractivity (Wildman–Crippen MR) is 101 cm³/mol. The van der Waals surface area contributed by atoms with Gasteiger partial charge in [-0.15, -0.1) is 0 Å². The van der Waals surface area contributed by atoms with E-state index in [1.54, 1.807) is 0 Å². The lowest BCUT2D eigenvalue weighted by molar-refractivity contribution is -0.110. The van der Waals surface area contributed by atoms with Gasteiger partial charge < -0.3 is 21.1 Å². The topological polar surface area (TPSA) is 100 Å². The second-order valence-electron chi connectivity index (χ2n) is 6.60. The first kappa shape index (κ1) is 19.1. The van der Waals surface area contributed by atoms with Crippen LogP contribution in [-0.2, 0) is 9.53 Å². The number of anilines is 1. The molecular formula is C19H28N4O2. The molecule has 5 N–H and O–H groups in total. The van der Waals surface area contributed by atoms with E-state index >= 15 is 0 Å². The van der Waals surface area contributed by atoms with Gasteiger partial charge in [0.05, 0.1) is 12.2 Å². The maximum Gasteiger partial charge on any atom is 0.273 e. The van der Waals surface area contributed by atoms with Crippen LogP contribution < -0.4 is 16.4 Å². The molecular weight excluding hydrogens is 316 g/mol. The highest BCUT2D eigenvalue weighted by atomic mass is 16.5. The SMILES string of the molecule is CC[C@@H]1CNC[C@H](c2ccc(NC(=O)C(=N)C=C(N)C(C)C)cc2)O1. The van der Waals surface area contributed by atoms with Crippen LogP contribution >= 0.6 is 0 Å². The van der Waals surface area contributed by atoms with Crippen LogP contribution in [0.25, 0.3) is 0 Å². The van der Waals surface area contributed by atoms with E-state index in [0.29, 0.717) is 11.4 Å². The largest absolute Gasteiger partial charge is 0.402 e. The maximum absolute atomic E-state index is 12.1. The Bertz CT molecular complexity index is 637. The summed E-state index contributed by atoms with van der Waals surface area (Å²) in [6.45, 7) is 7.62. The standard InChI is InChI=1S/C19H28N4O2/c1-4-15-10-22-11-18(25-15)13-5-7-14(8-6-13)23-19(24)17(21)9-16(20)12(2)3/h5-9,12,15,18,21-22H,4,10-11,20H2,1-3H3,(H,23,24)/t15-,18-/m1/s1. The Morgan fingerprint density at radius 3 is 2.68 bits per heavy atom. The number of benzene rings is 1. The van der Waals surface area contributed by atoms with Crippen molar-refractivity contribution < 1.29 is 9.53 Å². The molecule has 0 saturated carbocycles.